The van der Waals surface area contributed by atoms with E-state index < -0.39 is 11.9 Å². The number of rotatable bonds is 4. The Labute approximate surface area is 146 Å². The molecule has 0 saturated heterocycles. The molecule has 1 aromatic carbocycles. The van der Waals surface area contributed by atoms with Crippen LogP contribution >= 0.6 is 22.9 Å². The molecule has 0 fully saturated rings. The molecule has 124 valence electrons. The molecule has 0 bridgehead atoms. The molecular weight excluding hydrogens is 352 g/mol. The van der Waals surface area contributed by atoms with Crippen LogP contribution in [0.3, 0.4) is 0 Å². The Balaban J connectivity index is 1.90. The molecule has 24 heavy (non-hydrogen) atoms. The van der Waals surface area contributed by atoms with E-state index in [9.17, 15) is 9.59 Å². The van der Waals surface area contributed by atoms with E-state index in [1.165, 1.54) is 0 Å². The molecule has 1 aliphatic rings. The van der Waals surface area contributed by atoms with E-state index in [-0.39, 0.29) is 5.13 Å². The minimum Gasteiger partial charge on any atom is -0.374 e. The van der Waals surface area contributed by atoms with Crippen LogP contribution in [0.25, 0.3) is 0 Å². The van der Waals surface area contributed by atoms with Crippen molar-refractivity contribution in [2.24, 2.45) is 5.10 Å². The molecule has 3 rings (SSSR count). The SMILES string of the molecule is Cc1cc(C2=NN(C=O)C(=O)C(Nc3nnc(N)s3)C2)ccc1Cl. The van der Waals surface area contributed by atoms with Gasteiger partial charge in [0.1, 0.15) is 6.04 Å². The minimum atomic E-state index is -0.689. The number of carbonyl (C=O) groups excluding carboxylic acids is 2. The Morgan fingerprint density at radius 3 is 2.88 bits per heavy atom. The van der Waals surface area contributed by atoms with Crippen LogP contribution in [0.1, 0.15) is 17.5 Å². The second-order valence-corrected chi connectivity index (χ2v) is 6.56. The molecule has 0 spiro atoms. The molecule has 10 heteroatoms. The molecule has 1 atom stereocenters. The van der Waals surface area contributed by atoms with Crippen molar-refractivity contribution < 1.29 is 9.59 Å². The van der Waals surface area contributed by atoms with Gasteiger partial charge in [-0.25, -0.2) is 0 Å². The summed E-state index contributed by atoms with van der Waals surface area (Å²) in [4.78, 5) is 23.5. The highest BCUT2D eigenvalue weighted by Crippen LogP contribution is 2.24. The zero-order valence-electron chi connectivity index (χ0n) is 12.6. The monoisotopic (exact) mass is 364 g/mol. The Morgan fingerprint density at radius 1 is 1.46 bits per heavy atom. The van der Waals surface area contributed by atoms with Gasteiger partial charge in [-0.15, -0.1) is 10.2 Å². The van der Waals surface area contributed by atoms with E-state index in [2.05, 4.69) is 20.6 Å². The lowest BCUT2D eigenvalue weighted by Crippen LogP contribution is -2.45. The van der Waals surface area contributed by atoms with Crippen LogP contribution in [0.2, 0.25) is 5.02 Å². The summed E-state index contributed by atoms with van der Waals surface area (Å²) in [5.41, 5.74) is 7.81. The highest BCUT2D eigenvalue weighted by Gasteiger charge is 2.32. The van der Waals surface area contributed by atoms with Gasteiger partial charge < -0.3 is 11.1 Å². The Kier molecular flexibility index (Phi) is 4.45. The third-order valence-electron chi connectivity index (χ3n) is 3.48. The lowest BCUT2D eigenvalue weighted by Gasteiger charge is -2.26. The van der Waals surface area contributed by atoms with Crippen LogP contribution in [-0.2, 0) is 9.59 Å². The average molecular weight is 365 g/mol. The lowest BCUT2D eigenvalue weighted by molar-refractivity contribution is -0.139. The molecular formula is C14H13ClN6O2S. The Hall–Kier alpha value is -2.52. The molecule has 1 aromatic heterocycles. The maximum Gasteiger partial charge on any atom is 0.272 e. The van der Waals surface area contributed by atoms with E-state index in [4.69, 9.17) is 17.3 Å². The normalized spacial score (nSPS) is 17.6. The smallest absolute Gasteiger partial charge is 0.272 e. The second-order valence-electron chi connectivity index (χ2n) is 5.15. The van der Waals surface area contributed by atoms with E-state index in [1.807, 2.05) is 13.0 Å². The molecule has 3 N–H and O–H groups in total. The van der Waals surface area contributed by atoms with Crippen molar-refractivity contribution in [3.63, 3.8) is 0 Å². The van der Waals surface area contributed by atoms with Crippen LogP contribution in [0.5, 0.6) is 0 Å². The highest BCUT2D eigenvalue weighted by molar-refractivity contribution is 7.18. The molecule has 1 unspecified atom stereocenters. The highest BCUT2D eigenvalue weighted by atomic mass is 35.5. The van der Waals surface area contributed by atoms with Crippen LogP contribution < -0.4 is 11.1 Å². The number of aryl methyl sites for hydroxylation is 1. The third-order valence-corrected chi connectivity index (χ3v) is 4.59. The van der Waals surface area contributed by atoms with Crippen molar-refractivity contribution >= 4 is 51.2 Å². The number of aromatic nitrogens is 2. The standard InChI is InChI=1S/C14H13ClN6O2S/c1-7-4-8(2-3-9(7)15)10-5-11(12(23)21(6-22)20-10)17-14-19-18-13(16)24-14/h2-4,6,11H,5H2,1H3,(H2,16,18)(H,17,19). The van der Waals surface area contributed by atoms with Gasteiger partial charge in [0, 0.05) is 11.4 Å². The van der Waals surface area contributed by atoms with Gasteiger partial charge in [0.05, 0.1) is 5.71 Å². The molecule has 0 aliphatic carbocycles. The third kappa shape index (κ3) is 3.22. The Morgan fingerprint density at radius 2 is 2.25 bits per heavy atom. The largest absolute Gasteiger partial charge is 0.374 e. The van der Waals surface area contributed by atoms with Crippen molar-refractivity contribution in [1.82, 2.24) is 15.2 Å². The summed E-state index contributed by atoms with van der Waals surface area (Å²) in [5, 5.41) is 16.7. The number of benzene rings is 1. The molecule has 2 aromatic rings. The summed E-state index contributed by atoms with van der Waals surface area (Å²) < 4.78 is 0. The average Bonchev–Trinajstić information content (AvgIpc) is 2.97. The number of imide groups is 1. The van der Waals surface area contributed by atoms with Crippen molar-refractivity contribution in [3.05, 3.63) is 34.3 Å². The van der Waals surface area contributed by atoms with E-state index in [1.54, 1.807) is 12.1 Å². The van der Waals surface area contributed by atoms with Gasteiger partial charge in [-0.05, 0) is 30.2 Å². The number of amides is 2. The summed E-state index contributed by atoms with van der Waals surface area (Å²) >= 11 is 7.16. The second kappa shape index (κ2) is 6.54. The molecule has 0 radical (unpaired) electrons. The number of hydrogen-bond acceptors (Lipinski definition) is 8. The fourth-order valence-corrected chi connectivity index (χ4v) is 2.97. The van der Waals surface area contributed by atoms with Crippen LogP contribution in [0.4, 0.5) is 10.3 Å². The molecule has 8 nitrogen and oxygen atoms in total. The van der Waals surface area contributed by atoms with E-state index in [0.717, 1.165) is 27.5 Å². The van der Waals surface area contributed by atoms with Crippen molar-refractivity contribution in [3.8, 4) is 0 Å². The van der Waals surface area contributed by atoms with Gasteiger partial charge in [0.15, 0.2) is 0 Å². The molecule has 0 saturated carbocycles. The first kappa shape index (κ1) is 16.3. The fourth-order valence-electron chi connectivity index (χ4n) is 2.29. The van der Waals surface area contributed by atoms with Gasteiger partial charge in [-0.1, -0.05) is 29.0 Å². The van der Waals surface area contributed by atoms with E-state index in [0.29, 0.717) is 28.7 Å². The van der Waals surface area contributed by atoms with Gasteiger partial charge in [0.2, 0.25) is 16.7 Å². The first-order valence-electron chi connectivity index (χ1n) is 6.96. The van der Waals surface area contributed by atoms with Gasteiger partial charge >= 0.3 is 0 Å². The molecule has 2 amide bonds. The first-order chi connectivity index (χ1) is 11.5. The summed E-state index contributed by atoms with van der Waals surface area (Å²) in [5.74, 6) is -0.465. The van der Waals surface area contributed by atoms with Gasteiger partial charge in [0.25, 0.3) is 5.91 Å². The van der Waals surface area contributed by atoms with Crippen LogP contribution in [-0.4, -0.2) is 39.3 Å². The number of nitrogen functional groups attached to an aromatic ring is 1. The number of halogens is 1. The zero-order chi connectivity index (χ0) is 17.3. The maximum absolute atomic E-state index is 12.3. The molecule has 1 aliphatic heterocycles. The van der Waals surface area contributed by atoms with Crippen LogP contribution in [0.15, 0.2) is 23.3 Å². The topological polar surface area (TPSA) is 114 Å². The Bertz CT molecular complexity index is 836. The first-order valence-corrected chi connectivity index (χ1v) is 8.15. The number of hydrazone groups is 1. The van der Waals surface area contributed by atoms with Gasteiger partial charge in [-0.2, -0.15) is 10.1 Å². The summed E-state index contributed by atoms with van der Waals surface area (Å²) in [7, 11) is 0. The van der Waals surface area contributed by atoms with Gasteiger partial charge in [-0.3, -0.25) is 9.59 Å². The minimum absolute atomic E-state index is 0.287. The van der Waals surface area contributed by atoms with Crippen molar-refractivity contribution in [2.45, 2.75) is 19.4 Å². The quantitative estimate of drug-likeness (QED) is 0.797. The van der Waals surface area contributed by atoms with Crippen LogP contribution in [0, 0.1) is 6.92 Å². The predicted molar refractivity (Wildman–Crippen MR) is 92.0 cm³/mol. The number of hydrogen-bond donors (Lipinski definition) is 2. The lowest BCUT2D eigenvalue weighted by atomic mass is 9.99. The fraction of sp³-hybridized carbons (Fsp3) is 0.214. The predicted octanol–water partition coefficient (Wildman–Crippen LogP) is 1.66. The van der Waals surface area contributed by atoms with E-state index >= 15 is 0 Å². The molecule has 2 heterocycles. The van der Waals surface area contributed by atoms with Crippen molar-refractivity contribution in [1.29, 1.82) is 0 Å². The number of nitrogens with zero attached hydrogens (tertiary/aromatic N) is 4. The van der Waals surface area contributed by atoms with Crippen molar-refractivity contribution in [2.75, 3.05) is 11.1 Å². The maximum atomic E-state index is 12.3. The summed E-state index contributed by atoms with van der Waals surface area (Å²) in [6.07, 6.45) is 0.678. The zero-order valence-corrected chi connectivity index (χ0v) is 14.1. The number of nitrogens with two attached hydrogens (primary N) is 1. The number of carbonyl (C=O) groups is 2. The summed E-state index contributed by atoms with van der Waals surface area (Å²) in [6, 6.07) is 4.73. The number of nitrogens with one attached hydrogen (secondary N) is 1. The number of anilines is 2. The summed E-state index contributed by atoms with van der Waals surface area (Å²) in [6.45, 7) is 1.87.